The highest BCUT2D eigenvalue weighted by molar-refractivity contribution is 7.92. The van der Waals surface area contributed by atoms with Gasteiger partial charge >= 0.3 is 0 Å². The second kappa shape index (κ2) is 11.3. The summed E-state index contributed by atoms with van der Waals surface area (Å²) in [6.45, 7) is 3.80. The molecule has 1 N–H and O–H groups in total. The summed E-state index contributed by atoms with van der Waals surface area (Å²) in [5, 5.41) is 0. The van der Waals surface area contributed by atoms with Gasteiger partial charge in [-0.2, -0.15) is 0 Å². The molecule has 0 bridgehead atoms. The lowest BCUT2D eigenvalue weighted by Gasteiger charge is -2.23. The Morgan fingerprint density at radius 1 is 0.725 bits per heavy atom. The highest BCUT2D eigenvalue weighted by Crippen LogP contribution is 2.43. The van der Waals surface area contributed by atoms with Crippen molar-refractivity contribution in [1.82, 2.24) is 0 Å². The van der Waals surface area contributed by atoms with Crippen molar-refractivity contribution in [2.45, 2.75) is 24.7 Å². The first kappa shape index (κ1) is 27.1. The van der Waals surface area contributed by atoms with Crippen molar-refractivity contribution in [2.75, 3.05) is 18.9 Å². The van der Waals surface area contributed by atoms with Gasteiger partial charge in [0.15, 0.2) is 11.5 Å². The number of nitrogens with one attached hydrogen (secondary N) is 1. The Bertz CT molecular complexity index is 1710. The standard InChI is InChI=1S/C33H31NO5S/c1-22-10-17-27(18-11-22)40(35,36)34-29-21-32(38-4)31(37-3)20-28(29)33(30-19-12-23(2)39-30)26-15-13-25(14-16-26)24-8-6-5-7-9-24/h5-21,33-34H,1-4H3. The van der Waals surface area contributed by atoms with Crippen LogP contribution in [-0.2, 0) is 10.0 Å². The summed E-state index contributed by atoms with van der Waals surface area (Å²) in [7, 11) is -0.836. The molecule has 5 aromatic rings. The van der Waals surface area contributed by atoms with Gasteiger partial charge in [-0.25, -0.2) is 8.42 Å². The molecule has 0 aliphatic rings. The van der Waals surface area contributed by atoms with E-state index in [9.17, 15) is 8.42 Å². The molecule has 0 saturated heterocycles. The molecule has 0 aliphatic heterocycles. The molecular formula is C33H31NO5S. The zero-order valence-corrected chi connectivity index (χ0v) is 23.7. The van der Waals surface area contributed by atoms with Crippen molar-refractivity contribution in [2.24, 2.45) is 0 Å². The average Bonchev–Trinajstić information content (AvgIpc) is 3.40. The van der Waals surface area contributed by atoms with Crippen LogP contribution < -0.4 is 14.2 Å². The second-order valence-corrected chi connectivity index (χ2v) is 11.3. The molecule has 0 fully saturated rings. The Morgan fingerprint density at radius 2 is 1.35 bits per heavy atom. The third-order valence-electron chi connectivity index (χ3n) is 6.84. The average molecular weight is 554 g/mol. The number of hydrogen-bond acceptors (Lipinski definition) is 5. The van der Waals surface area contributed by atoms with Crippen molar-refractivity contribution in [3.63, 3.8) is 0 Å². The summed E-state index contributed by atoms with van der Waals surface area (Å²) in [5.74, 6) is 1.87. The molecule has 7 heteroatoms. The summed E-state index contributed by atoms with van der Waals surface area (Å²) >= 11 is 0. The van der Waals surface area contributed by atoms with Crippen LogP contribution in [0.4, 0.5) is 5.69 Å². The Kier molecular flexibility index (Phi) is 7.67. The fourth-order valence-electron chi connectivity index (χ4n) is 4.75. The predicted octanol–water partition coefficient (Wildman–Crippen LogP) is 7.56. The van der Waals surface area contributed by atoms with Gasteiger partial charge in [0, 0.05) is 6.07 Å². The molecule has 6 nitrogen and oxygen atoms in total. The van der Waals surface area contributed by atoms with E-state index in [0.29, 0.717) is 28.5 Å². The molecular weight excluding hydrogens is 522 g/mol. The number of benzene rings is 4. The zero-order valence-electron chi connectivity index (χ0n) is 22.8. The number of sulfonamides is 1. The van der Waals surface area contributed by atoms with Crippen LogP contribution >= 0.6 is 0 Å². The third kappa shape index (κ3) is 5.60. The lowest BCUT2D eigenvalue weighted by atomic mass is 9.87. The number of hydrogen-bond donors (Lipinski definition) is 1. The maximum atomic E-state index is 13.5. The van der Waals surface area contributed by atoms with Crippen molar-refractivity contribution >= 4 is 15.7 Å². The molecule has 0 radical (unpaired) electrons. The highest BCUT2D eigenvalue weighted by Gasteiger charge is 2.27. The molecule has 1 heterocycles. The van der Waals surface area contributed by atoms with Crippen LogP contribution in [0.2, 0.25) is 0 Å². The Hall–Kier alpha value is -4.49. The first-order chi connectivity index (χ1) is 19.3. The van der Waals surface area contributed by atoms with Gasteiger partial charge in [-0.3, -0.25) is 4.72 Å². The maximum Gasteiger partial charge on any atom is 0.261 e. The van der Waals surface area contributed by atoms with Crippen molar-refractivity contribution in [3.05, 3.63) is 131 Å². The lowest BCUT2D eigenvalue weighted by molar-refractivity contribution is 0.354. The van der Waals surface area contributed by atoms with Crippen LogP contribution in [0.25, 0.3) is 11.1 Å². The van der Waals surface area contributed by atoms with Crippen LogP contribution in [0.5, 0.6) is 11.5 Å². The van der Waals surface area contributed by atoms with Crippen LogP contribution in [0, 0.1) is 13.8 Å². The monoisotopic (exact) mass is 553 g/mol. The van der Waals surface area contributed by atoms with Gasteiger partial charge in [0.25, 0.3) is 10.0 Å². The Labute approximate surface area is 235 Å². The van der Waals surface area contributed by atoms with Crippen molar-refractivity contribution < 1.29 is 22.3 Å². The number of rotatable bonds is 9. The highest BCUT2D eigenvalue weighted by atomic mass is 32.2. The maximum absolute atomic E-state index is 13.5. The molecule has 5 rings (SSSR count). The molecule has 0 saturated carbocycles. The smallest absolute Gasteiger partial charge is 0.261 e. The van der Waals surface area contributed by atoms with E-state index in [-0.39, 0.29) is 4.90 Å². The quantitative estimate of drug-likeness (QED) is 0.204. The molecule has 0 spiro atoms. The SMILES string of the molecule is COc1cc(NS(=O)(=O)c2ccc(C)cc2)c(C(c2ccc(-c3ccccc3)cc2)c2ccc(C)o2)cc1OC. The number of methoxy groups -OCH3 is 2. The van der Waals surface area contributed by atoms with Gasteiger partial charge in [-0.1, -0.05) is 72.3 Å². The number of furan rings is 1. The molecule has 1 unspecified atom stereocenters. The molecule has 204 valence electrons. The minimum atomic E-state index is -3.91. The van der Waals surface area contributed by atoms with Crippen molar-refractivity contribution in [3.8, 4) is 22.6 Å². The number of anilines is 1. The summed E-state index contributed by atoms with van der Waals surface area (Å²) in [5.41, 5.74) is 5.11. The zero-order chi connectivity index (χ0) is 28.3. The molecule has 4 aromatic carbocycles. The van der Waals surface area contributed by atoms with E-state index in [1.165, 1.54) is 7.11 Å². The van der Waals surface area contributed by atoms with E-state index >= 15 is 0 Å². The van der Waals surface area contributed by atoms with Gasteiger partial charge in [0.1, 0.15) is 11.5 Å². The van der Waals surface area contributed by atoms with E-state index in [4.69, 9.17) is 13.9 Å². The predicted molar refractivity (Wildman–Crippen MR) is 158 cm³/mol. The Morgan fingerprint density at radius 3 is 1.95 bits per heavy atom. The number of ether oxygens (including phenoxy) is 2. The van der Waals surface area contributed by atoms with Gasteiger partial charge in [0.05, 0.1) is 30.7 Å². The number of aryl methyl sites for hydroxylation is 2. The summed E-state index contributed by atoms with van der Waals surface area (Å²) in [6.07, 6.45) is 0. The van der Waals surface area contributed by atoms with Gasteiger partial charge in [0.2, 0.25) is 0 Å². The fraction of sp³-hybridized carbons (Fsp3) is 0.152. The van der Waals surface area contributed by atoms with E-state index in [2.05, 4.69) is 29.0 Å². The van der Waals surface area contributed by atoms with Gasteiger partial charge in [-0.15, -0.1) is 0 Å². The normalized spacial score (nSPS) is 12.1. The minimum Gasteiger partial charge on any atom is -0.493 e. The lowest BCUT2D eigenvalue weighted by Crippen LogP contribution is -2.16. The minimum absolute atomic E-state index is 0.163. The fourth-order valence-corrected chi connectivity index (χ4v) is 5.83. The molecule has 0 amide bonds. The third-order valence-corrected chi connectivity index (χ3v) is 8.22. The largest absolute Gasteiger partial charge is 0.493 e. The summed E-state index contributed by atoms with van der Waals surface area (Å²) in [6, 6.07) is 32.3. The van der Waals surface area contributed by atoms with Crippen LogP contribution in [-0.4, -0.2) is 22.6 Å². The van der Waals surface area contributed by atoms with Gasteiger partial charge < -0.3 is 13.9 Å². The van der Waals surface area contributed by atoms with Crippen LogP contribution in [0.15, 0.2) is 112 Å². The molecule has 0 aliphatic carbocycles. The van der Waals surface area contributed by atoms with E-state index in [1.54, 1.807) is 43.5 Å². The van der Waals surface area contributed by atoms with E-state index in [1.807, 2.05) is 56.3 Å². The van der Waals surface area contributed by atoms with Crippen LogP contribution in [0.3, 0.4) is 0 Å². The molecule has 1 aromatic heterocycles. The van der Waals surface area contributed by atoms with Gasteiger partial charge in [-0.05, 0) is 66.4 Å². The summed E-state index contributed by atoms with van der Waals surface area (Å²) < 4.78 is 47.1. The molecule has 1 atom stereocenters. The van der Waals surface area contributed by atoms with E-state index in [0.717, 1.165) is 28.0 Å². The molecule has 40 heavy (non-hydrogen) atoms. The van der Waals surface area contributed by atoms with Crippen molar-refractivity contribution in [1.29, 1.82) is 0 Å². The Balaban J connectivity index is 1.67. The van der Waals surface area contributed by atoms with Crippen LogP contribution in [0.1, 0.15) is 34.1 Å². The van der Waals surface area contributed by atoms with E-state index < -0.39 is 15.9 Å². The second-order valence-electron chi connectivity index (χ2n) is 9.58. The first-order valence-corrected chi connectivity index (χ1v) is 14.3. The topological polar surface area (TPSA) is 77.8 Å². The first-order valence-electron chi connectivity index (χ1n) is 12.9. The summed E-state index contributed by atoms with van der Waals surface area (Å²) in [4.78, 5) is 0.163.